The molecule has 0 aromatic heterocycles. The number of amides is 1. The van der Waals surface area contributed by atoms with Gasteiger partial charge in [0.15, 0.2) is 11.5 Å². The third kappa shape index (κ3) is 5.02. The van der Waals surface area contributed by atoms with E-state index in [1.165, 1.54) is 16.4 Å². The monoisotopic (exact) mass is 426 g/mol. The second-order valence-corrected chi connectivity index (χ2v) is 10.5. The summed E-state index contributed by atoms with van der Waals surface area (Å²) in [5, 5.41) is 12.9. The zero-order chi connectivity index (χ0) is 21.2. The van der Waals surface area contributed by atoms with E-state index < -0.39 is 16.1 Å². The number of aliphatic hydroxyl groups is 1. The molecule has 9 heteroatoms. The highest BCUT2D eigenvalue weighted by Crippen LogP contribution is 2.34. The molecule has 2 heterocycles. The summed E-state index contributed by atoms with van der Waals surface area (Å²) in [6.07, 6.45) is 0.254. The molecule has 0 bridgehead atoms. The number of nitrogens with one attached hydrogen (secondary N) is 1. The minimum atomic E-state index is -3.66. The summed E-state index contributed by atoms with van der Waals surface area (Å²) in [7, 11) is -3.66. The van der Waals surface area contributed by atoms with Crippen molar-refractivity contribution in [1.82, 2.24) is 9.62 Å². The van der Waals surface area contributed by atoms with Crippen LogP contribution in [0.5, 0.6) is 11.5 Å². The largest absolute Gasteiger partial charge is 0.486 e. The Labute approximate surface area is 172 Å². The second kappa shape index (κ2) is 8.49. The number of fused-ring (bicyclic) bond motifs is 1. The average Bonchev–Trinajstić information content (AvgIpc) is 2.70. The van der Waals surface area contributed by atoms with Gasteiger partial charge in [0, 0.05) is 31.6 Å². The third-order valence-corrected chi connectivity index (χ3v) is 7.34. The van der Waals surface area contributed by atoms with Crippen LogP contribution in [0.4, 0.5) is 0 Å². The maximum Gasteiger partial charge on any atom is 0.243 e. The van der Waals surface area contributed by atoms with Gasteiger partial charge >= 0.3 is 0 Å². The SMILES string of the molecule is CC(C)(C)[C@@H](O)CNC(=O)C1CCN(S(=O)(=O)c2ccc3c(c2)OCCO3)CC1. The molecule has 2 aliphatic rings. The topological polar surface area (TPSA) is 105 Å². The number of piperidine rings is 1. The van der Waals surface area contributed by atoms with E-state index >= 15 is 0 Å². The zero-order valence-corrected chi connectivity index (χ0v) is 18.0. The molecule has 1 fully saturated rings. The first-order valence-corrected chi connectivity index (χ1v) is 11.4. The number of sulfonamides is 1. The summed E-state index contributed by atoms with van der Waals surface area (Å²) in [5.41, 5.74) is -0.311. The van der Waals surface area contributed by atoms with Gasteiger partial charge in [-0.1, -0.05) is 20.8 Å². The average molecular weight is 427 g/mol. The van der Waals surface area contributed by atoms with Gasteiger partial charge in [-0.15, -0.1) is 0 Å². The molecule has 0 unspecified atom stereocenters. The fourth-order valence-electron chi connectivity index (χ4n) is 3.34. The first kappa shape index (κ1) is 21.9. The maximum atomic E-state index is 13.0. The Bertz CT molecular complexity index is 841. The van der Waals surface area contributed by atoms with Crippen LogP contribution in [0, 0.1) is 11.3 Å². The molecule has 0 saturated carbocycles. The smallest absolute Gasteiger partial charge is 0.243 e. The van der Waals surface area contributed by atoms with Gasteiger partial charge in [-0.25, -0.2) is 8.42 Å². The number of benzene rings is 1. The van der Waals surface area contributed by atoms with Crippen molar-refractivity contribution in [2.24, 2.45) is 11.3 Å². The van der Waals surface area contributed by atoms with Gasteiger partial charge in [-0.3, -0.25) is 4.79 Å². The Morgan fingerprint density at radius 2 is 1.83 bits per heavy atom. The van der Waals surface area contributed by atoms with Crippen LogP contribution in [-0.4, -0.2) is 62.7 Å². The Morgan fingerprint density at radius 3 is 2.45 bits per heavy atom. The number of hydrogen-bond acceptors (Lipinski definition) is 6. The van der Waals surface area contributed by atoms with Crippen LogP contribution >= 0.6 is 0 Å². The Hall–Kier alpha value is -1.84. The van der Waals surface area contributed by atoms with Crippen LogP contribution in [-0.2, 0) is 14.8 Å². The van der Waals surface area contributed by atoms with Crippen LogP contribution in [0.3, 0.4) is 0 Å². The predicted molar refractivity (Wildman–Crippen MR) is 107 cm³/mol. The lowest BCUT2D eigenvalue weighted by molar-refractivity contribution is -0.126. The fraction of sp³-hybridized carbons (Fsp3) is 0.650. The van der Waals surface area contributed by atoms with E-state index in [9.17, 15) is 18.3 Å². The fourth-order valence-corrected chi connectivity index (χ4v) is 4.82. The summed E-state index contributed by atoms with van der Waals surface area (Å²) in [6, 6.07) is 4.63. The molecule has 0 radical (unpaired) electrons. The molecule has 3 rings (SSSR count). The van der Waals surface area contributed by atoms with E-state index in [1.54, 1.807) is 6.07 Å². The van der Waals surface area contributed by atoms with Gasteiger partial charge in [-0.2, -0.15) is 4.31 Å². The molecule has 2 aliphatic heterocycles. The predicted octanol–water partition coefficient (Wildman–Crippen LogP) is 1.38. The molecule has 0 spiro atoms. The van der Waals surface area contributed by atoms with Gasteiger partial charge in [0.2, 0.25) is 15.9 Å². The van der Waals surface area contributed by atoms with Crippen molar-refractivity contribution in [3.05, 3.63) is 18.2 Å². The van der Waals surface area contributed by atoms with Gasteiger partial charge < -0.3 is 19.9 Å². The van der Waals surface area contributed by atoms with Crippen molar-refractivity contribution >= 4 is 15.9 Å². The second-order valence-electron chi connectivity index (χ2n) is 8.61. The van der Waals surface area contributed by atoms with E-state index in [1.807, 2.05) is 20.8 Å². The van der Waals surface area contributed by atoms with Crippen molar-refractivity contribution in [3.8, 4) is 11.5 Å². The summed E-state index contributed by atoms with van der Waals surface area (Å²) in [6.45, 7) is 7.30. The van der Waals surface area contributed by atoms with Crippen LogP contribution < -0.4 is 14.8 Å². The van der Waals surface area contributed by atoms with Crippen LogP contribution in [0.2, 0.25) is 0 Å². The first-order valence-electron chi connectivity index (χ1n) is 9.94. The first-order chi connectivity index (χ1) is 13.6. The molecule has 162 valence electrons. The van der Waals surface area contributed by atoms with E-state index in [2.05, 4.69) is 5.32 Å². The Morgan fingerprint density at radius 1 is 1.21 bits per heavy atom. The van der Waals surface area contributed by atoms with Crippen molar-refractivity contribution in [1.29, 1.82) is 0 Å². The molecule has 1 saturated heterocycles. The highest BCUT2D eigenvalue weighted by molar-refractivity contribution is 7.89. The Balaban J connectivity index is 1.58. The quantitative estimate of drug-likeness (QED) is 0.737. The van der Waals surface area contributed by atoms with Crippen LogP contribution in [0.1, 0.15) is 33.6 Å². The summed E-state index contributed by atoms with van der Waals surface area (Å²) >= 11 is 0. The molecule has 1 aromatic rings. The standard InChI is InChI=1S/C20H30N2O6S/c1-20(2,3)18(23)13-21-19(24)14-6-8-22(9-7-14)29(25,26)15-4-5-16-17(12-15)28-11-10-27-16/h4-5,12,14,18,23H,6-11,13H2,1-3H3,(H,21,24)/t18-/m0/s1. The molecule has 2 N–H and O–H groups in total. The summed E-state index contributed by atoms with van der Waals surface area (Å²) in [5.74, 6) is 0.589. The van der Waals surface area contributed by atoms with Crippen molar-refractivity contribution in [2.45, 2.75) is 44.6 Å². The molecular weight excluding hydrogens is 396 g/mol. The number of ether oxygens (including phenoxy) is 2. The van der Waals surface area contributed by atoms with Gasteiger partial charge in [0.25, 0.3) is 0 Å². The lowest BCUT2D eigenvalue weighted by Gasteiger charge is -2.31. The van der Waals surface area contributed by atoms with Crippen molar-refractivity contribution in [3.63, 3.8) is 0 Å². The summed E-state index contributed by atoms with van der Waals surface area (Å²) in [4.78, 5) is 12.6. The van der Waals surface area contributed by atoms with E-state index in [0.29, 0.717) is 37.6 Å². The third-order valence-electron chi connectivity index (χ3n) is 5.45. The van der Waals surface area contributed by atoms with Gasteiger partial charge in [0.05, 0.1) is 11.0 Å². The van der Waals surface area contributed by atoms with E-state index in [0.717, 1.165) is 0 Å². The number of nitrogens with zero attached hydrogens (tertiary/aromatic N) is 1. The van der Waals surface area contributed by atoms with Gasteiger partial charge in [-0.05, 0) is 30.4 Å². The van der Waals surface area contributed by atoms with Crippen LogP contribution in [0.15, 0.2) is 23.1 Å². The minimum absolute atomic E-state index is 0.135. The molecular formula is C20H30N2O6S. The van der Waals surface area contributed by atoms with Crippen molar-refractivity contribution in [2.75, 3.05) is 32.8 Å². The highest BCUT2D eigenvalue weighted by atomic mass is 32.2. The maximum absolute atomic E-state index is 13.0. The number of rotatable bonds is 5. The molecule has 29 heavy (non-hydrogen) atoms. The zero-order valence-electron chi connectivity index (χ0n) is 17.2. The summed E-state index contributed by atoms with van der Waals surface area (Å²) < 4.78 is 38.3. The lowest BCUT2D eigenvalue weighted by Crippen LogP contribution is -2.45. The van der Waals surface area contributed by atoms with Gasteiger partial charge in [0.1, 0.15) is 13.2 Å². The number of aliphatic hydroxyl groups excluding tert-OH is 1. The number of carbonyl (C=O) groups is 1. The molecule has 1 aromatic carbocycles. The van der Waals surface area contributed by atoms with E-state index in [4.69, 9.17) is 9.47 Å². The van der Waals surface area contributed by atoms with Crippen LogP contribution in [0.25, 0.3) is 0 Å². The molecule has 8 nitrogen and oxygen atoms in total. The van der Waals surface area contributed by atoms with Crippen molar-refractivity contribution < 1.29 is 27.8 Å². The highest BCUT2D eigenvalue weighted by Gasteiger charge is 2.33. The number of hydrogen-bond donors (Lipinski definition) is 2. The molecule has 1 atom stereocenters. The normalized spacial score (nSPS) is 19.6. The molecule has 0 aliphatic carbocycles. The minimum Gasteiger partial charge on any atom is -0.486 e. The number of carbonyl (C=O) groups excluding carboxylic acids is 1. The van der Waals surface area contributed by atoms with E-state index in [-0.39, 0.29) is 41.8 Å². The lowest BCUT2D eigenvalue weighted by atomic mass is 9.89. The molecule has 1 amide bonds. The Kier molecular flexibility index (Phi) is 6.40.